The number of aryl methyl sites for hydroxylation is 1. The topological polar surface area (TPSA) is 62.2 Å². The van der Waals surface area contributed by atoms with E-state index in [0.717, 1.165) is 12.2 Å². The molecule has 1 aromatic heterocycles. The summed E-state index contributed by atoms with van der Waals surface area (Å²) in [6.45, 7) is 5.59. The average Bonchev–Trinajstić information content (AvgIpc) is 3.16. The third-order valence-electron chi connectivity index (χ3n) is 3.59. The Morgan fingerprint density at radius 3 is 2.95 bits per heavy atom. The van der Waals surface area contributed by atoms with Crippen LogP contribution in [-0.4, -0.2) is 46.4 Å². The molecule has 0 bridgehead atoms. The van der Waals surface area contributed by atoms with E-state index in [1.54, 1.807) is 10.9 Å². The Morgan fingerprint density at radius 1 is 1.63 bits per heavy atom. The van der Waals surface area contributed by atoms with E-state index in [9.17, 15) is 4.79 Å². The smallest absolute Gasteiger partial charge is 0.319 e. The van der Waals surface area contributed by atoms with Crippen LogP contribution >= 0.6 is 0 Å². The molecule has 2 amide bonds. The molecular weight excluding hydrogens is 242 g/mol. The van der Waals surface area contributed by atoms with E-state index >= 15 is 0 Å². The predicted molar refractivity (Wildman–Crippen MR) is 75.2 cm³/mol. The third kappa shape index (κ3) is 3.96. The van der Waals surface area contributed by atoms with Crippen molar-refractivity contribution in [3.63, 3.8) is 0 Å². The molecule has 1 aliphatic rings. The number of carbonyl (C=O) groups is 1. The molecule has 1 heterocycles. The highest BCUT2D eigenvalue weighted by atomic mass is 16.2. The minimum atomic E-state index is -0.174. The Labute approximate surface area is 114 Å². The second kappa shape index (κ2) is 6.06. The molecule has 2 N–H and O–H groups in total. The average molecular weight is 265 g/mol. The molecule has 2 rings (SSSR count). The fourth-order valence-electron chi connectivity index (χ4n) is 2.00. The van der Waals surface area contributed by atoms with Crippen molar-refractivity contribution in [3.8, 4) is 0 Å². The summed E-state index contributed by atoms with van der Waals surface area (Å²) in [7, 11) is 2.12. The first kappa shape index (κ1) is 13.9. The van der Waals surface area contributed by atoms with Gasteiger partial charge in [0.05, 0.1) is 11.9 Å². The van der Waals surface area contributed by atoms with Gasteiger partial charge in [-0.25, -0.2) is 4.79 Å². The molecule has 106 valence electrons. The molecule has 0 saturated heterocycles. The Balaban J connectivity index is 1.71. The predicted octanol–water partition coefficient (Wildman–Crippen LogP) is 1.51. The van der Waals surface area contributed by atoms with Gasteiger partial charge in [-0.1, -0.05) is 0 Å². The van der Waals surface area contributed by atoms with Crippen molar-refractivity contribution in [2.45, 2.75) is 45.3 Å². The second-order valence-corrected chi connectivity index (χ2v) is 5.17. The van der Waals surface area contributed by atoms with Gasteiger partial charge in [-0.15, -0.1) is 0 Å². The highest BCUT2D eigenvalue weighted by molar-refractivity contribution is 5.88. The van der Waals surface area contributed by atoms with Crippen LogP contribution in [0.2, 0.25) is 0 Å². The van der Waals surface area contributed by atoms with Crippen LogP contribution in [0.1, 0.15) is 26.7 Å². The first-order chi connectivity index (χ1) is 9.10. The van der Waals surface area contributed by atoms with Crippen LogP contribution in [0.5, 0.6) is 0 Å². The van der Waals surface area contributed by atoms with Gasteiger partial charge in [-0.2, -0.15) is 5.10 Å². The van der Waals surface area contributed by atoms with Gasteiger partial charge in [0.1, 0.15) is 0 Å². The van der Waals surface area contributed by atoms with E-state index < -0.39 is 0 Å². The molecule has 0 aliphatic heterocycles. The van der Waals surface area contributed by atoms with Crippen molar-refractivity contribution in [3.05, 3.63) is 12.4 Å². The van der Waals surface area contributed by atoms with Gasteiger partial charge in [0.25, 0.3) is 0 Å². The lowest BCUT2D eigenvalue weighted by Gasteiger charge is -2.24. The normalized spacial score (nSPS) is 16.4. The molecule has 0 aromatic carbocycles. The van der Waals surface area contributed by atoms with Gasteiger partial charge in [0.2, 0.25) is 0 Å². The van der Waals surface area contributed by atoms with Crippen LogP contribution in [0, 0.1) is 0 Å². The van der Waals surface area contributed by atoms with Crippen LogP contribution in [0.4, 0.5) is 10.5 Å². The summed E-state index contributed by atoms with van der Waals surface area (Å²) in [6, 6.07) is 0.894. The molecular formula is C13H23N5O. The number of anilines is 1. The molecule has 1 aliphatic carbocycles. The van der Waals surface area contributed by atoms with Gasteiger partial charge in [0.15, 0.2) is 0 Å². The number of hydrogen-bond acceptors (Lipinski definition) is 3. The number of nitrogens with zero attached hydrogens (tertiary/aromatic N) is 3. The summed E-state index contributed by atoms with van der Waals surface area (Å²) in [5.74, 6) is 0. The number of nitrogens with one attached hydrogen (secondary N) is 2. The zero-order valence-electron chi connectivity index (χ0n) is 11.9. The van der Waals surface area contributed by atoms with E-state index in [0.29, 0.717) is 18.6 Å². The van der Waals surface area contributed by atoms with E-state index in [1.807, 2.05) is 13.1 Å². The molecule has 6 heteroatoms. The number of urea groups is 1. The summed E-state index contributed by atoms with van der Waals surface area (Å²) in [4.78, 5) is 14.1. The number of aromatic nitrogens is 2. The lowest BCUT2D eigenvalue weighted by atomic mass is 10.3. The van der Waals surface area contributed by atoms with Gasteiger partial charge in [-0.3, -0.25) is 9.58 Å². The van der Waals surface area contributed by atoms with Gasteiger partial charge < -0.3 is 10.6 Å². The first-order valence-corrected chi connectivity index (χ1v) is 6.89. The summed E-state index contributed by atoms with van der Waals surface area (Å²) >= 11 is 0. The van der Waals surface area contributed by atoms with E-state index in [1.165, 1.54) is 12.8 Å². The standard InChI is InChI=1S/C13H23N5O/c1-4-18-9-11(8-15-18)16-13(19)14-7-10(2)17(3)12-5-6-12/h8-10,12H,4-7H2,1-3H3,(H2,14,16,19)/t10-/m1/s1. The number of hydrogen-bond donors (Lipinski definition) is 2. The van der Waals surface area contributed by atoms with Crippen LogP contribution in [-0.2, 0) is 6.54 Å². The first-order valence-electron chi connectivity index (χ1n) is 6.89. The summed E-state index contributed by atoms with van der Waals surface area (Å²) in [6.07, 6.45) is 6.04. The molecule has 1 saturated carbocycles. The Morgan fingerprint density at radius 2 is 2.37 bits per heavy atom. The van der Waals surface area contributed by atoms with Crippen molar-refractivity contribution in [1.82, 2.24) is 20.0 Å². The molecule has 0 unspecified atom stereocenters. The summed E-state index contributed by atoms with van der Waals surface area (Å²) in [5.41, 5.74) is 0.725. The summed E-state index contributed by atoms with van der Waals surface area (Å²) in [5, 5.41) is 9.79. The van der Waals surface area contributed by atoms with Crippen LogP contribution in [0.3, 0.4) is 0 Å². The van der Waals surface area contributed by atoms with Crippen molar-refractivity contribution in [2.24, 2.45) is 0 Å². The maximum absolute atomic E-state index is 11.7. The minimum absolute atomic E-state index is 0.174. The van der Waals surface area contributed by atoms with Crippen molar-refractivity contribution in [2.75, 3.05) is 18.9 Å². The fourth-order valence-corrected chi connectivity index (χ4v) is 2.00. The van der Waals surface area contributed by atoms with Crippen LogP contribution in [0.15, 0.2) is 12.4 Å². The number of rotatable bonds is 6. The fraction of sp³-hybridized carbons (Fsp3) is 0.692. The molecule has 1 fully saturated rings. The SMILES string of the molecule is CCn1cc(NC(=O)NC[C@@H](C)N(C)C2CC2)cn1. The summed E-state index contributed by atoms with van der Waals surface area (Å²) < 4.78 is 1.78. The lowest BCUT2D eigenvalue weighted by molar-refractivity contribution is 0.229. The molecule has 6 nitrogen and oxygen atoms in total. The van der Waals surface area contributed by atoms with Gasteiger partial charge in [0, 0.05) is 31.4 Å². The maximum Gasteiger partial charge on any atom is 0.319 e. The molecule has 0 radical (unpaired) electrons. The highest BCUT2D eigenvalue weighted by Gasteiger charge is 2.29. The van der Waals surface area contributed by atoms with Crippen molar-refractivity contribution in [1.29, 1.82) is 0 Å². The molecule has 0 spiro atoms. The van der Waals surface area contributed by atoms with Gasteiger partial charge >= 0.3 is 6.03 Å². The zero-order chi connectivity index (χ0) is 13.8. The molecule has 1 aromatic rings. The maximum atomic E-state index is 11.7. The van der Waals surface area contributed by atoms with Crippen LogP contribution < -0.4 is 10.6 Å². The Kier molecular flexibility index (Phi) is 4.42. The monoisotopic (exact) mass is 265 g/mol. The molecule has 1 atom stereocenters. The van der Waals surface area contributed by atoms with Crippen LogP contribution in [0.25, 0.3) is 0 Å². The number of amides is 2. The lowest BCUT2D eigenvalue weighted by Crippen LogP contribution is -2.42. The van der Waals surface area contributed by atoms with E-state index in [2.05, 4.69) is 34.6 Å². The quantitative estimate of drug-likeness (QED) is 0.819. The second-order valence-electron chi connectivity index (χ2n) is 5.17. The zero-order valence-corrected chi connectivity index (χ0v) is 11.9. The Hall–Kier alpha value is -1.56. The number of carbonyl (C=O) groups excluding carboxylic acids is 1. The third-order valence-corrected chi connectivity index (χ3v) is 3.59. The minimum Gasteiger partial charge on any atom is -0.336 e. The van der Waals surface area contributed by atoms with Gasteiger partial charge in [-0.05, 0) is 33.7 Å². The van der Waals surface area contributed by atoms with Crippen molar-refractivity contribution < 1.29 is 4.79 Å². The number of likely N-dealkylation sites (N-methyl/N-ethyl adjacent to an activating group) is 1. The molecule has 19 heavy (non-hydrogen) atoms. The largest absolute Gasteiger partial charge is 0.336 e. The Bertz CT molecular complexity index is 426. The highest BCUT2D eigenvalue weighted by Crippen LogP contribution is 2.26. The van der Waals surface area contributed by atoms with E-state index in [4.69, 9.17) is 0 Å². The van der Waals surface area contributed by atoms with Crippen molar-refractivity contribution >= 4 is 11.7 Å². The van der Waals surface area contributed by atoms with E-state index in [-0.39, 0.29) is 6.03 Å².